The summed E-state index contributed by atoms with van der Waals surface area (Å²) in [5.41, 5.74) is 1.92. The molecule has 1 N–H and O–H groups in total. The van der Waals surface area contributed by atoms with Crippen LogP contribution in [0.5, 0.6) is 11.5 Å². The molecule has 0 fully saturated rings. The maximum atomic E-state index is 13.6. The molecule has 0 radical (unpaired) electrons. The molecule has 4 aromatic rings. The van der Waals surface area contributed by atoms with Crippen LogP contribution in [-0.2, 0) is 21.8 Å². The van der Waals surface area contributed by atoms with Gasteiger partial charge in [0, 0.05) is 32.1 Å². The lowest BCUT2D eigenvalue weighted by molar-refractivity contribution is 0.0918. The molecule has 13 nitrogen and oxygen atoms in total. The first kappa shape index (κ1) is 26.0. The SMILES string of the molecule is COc1cccc(OC)c1-n1c(NS(=O)(=O)[C@@H](C)[C@@H](OC)c2ncnn2C)nnc1-c1cncc(C)c1. The van der Waals surface area contributed by atoms with E-state index >= 15 is 0 Å². The number of hydrogen-bond donors (Lipinski definition) is 1. The zero-order valence-corrected chi connectivity index (χ0v) is 22.1. The van der Waals surface area contributed by atoms with Gasteiger partial charge in [0.1, 0.15) is 34.9 Å². The number of anilines is 1. The molecule has 4 rings (SSSR count). The number of ether oxygens (including phenoxy) is 3. The van der Waals surface area contributed by atoms with Crippen LogP contribution in [0.15, 0.2) is 43.0 Å². The Morgan fingerprint density at radius 2 is 1.76 bits per heavy atom. The van der Waals surface area contributed by atoms with Crippen molar-refractivity contribution in [2.75, 3.05) is 26.1 Å². The van der Waals surface area contributed by atoms with Crippen molar-refractivity contribution in [1.29, 1.82) is 0 Å². The van der Waals surface area contributed by atoms with Gasteiger partial charge < -0.3 is 14.2 Å². The topological polar surface area (TPSA) is 148 Å². The molecule has 3 heterocycles. The van der Waals surface area contributed by atoms with E-state index in [0.29, 0.717) is 34.4 Å². The lowest BCUT2D eigenvalue weighted by Crippen LogP contribution is -2.34. The van der Waals surface area contributed by atoms with Gasteiger partial charge in [-0.2, -0.15) is 5.10 Å². The lowest BCUT2D eigenvalue weighted by Gasteiger charge is -2.23. The zero-order chi connectivity index (χ0) is 26.7. The Morgan fingerprint density at radius 1 is 1.05 bits per heavy atom. The van der Waals surface area contributed by atoms with Crippen LogP contribution in [0.25, 0.3) is 17.1 Å². The van der Waals surface area contributed by atoms with E-state index in [4.69, 9.17) is 14.2 Å². The summed E-state index contributed by atoms with van der Waals surface area (Å²) in [4.78, 5) is 8.40. The van der Waals surface area contributed by atoms with Gasteiger partial charge in [-0.25, -0.2) is 13.4 Å². The molecule has 0 spiro atoms. The van der Waals surface area contributed by atoms with Crippen LogP contribution in [0.2, 0.25) is 0 Å². The Hall–Kier alpha value is -4.04. The summed E-state index contributed by atoms with van der Waals surface area (Å²) in [6.07, 6.45) is 3.76. The minimum atomic E-state index is -4.09. The first-order valence-corrected chi connectivity index (χ1v) is 12.7. The van der Waals surface area contributed by atoms with Gasteiger partial charge in [0.25, 0.3) is 0 Å². The average Bonchev–Trinajstić information content (AvgIpc) is 3.49. The number of sulfonamides is 1. The number of para-hydroxylation sites is 1. The number of rotatable bonds is 10. The Balaban J connectivity index is 1.87. The molecule has 0 aliphatic rings. The van der Waals surface area contributed by atoms with Crippen LogP contribution in [0.4, 0.5) is 5.95 Å². The van der Waals surface area contributed by atoms with E-state index in [1.54, 1.807) is 37.6 Å². The van der Waals surface area contributed by atoms with Gasteiger partial charge in [0.15, 0.2) is 11.6 Å². The molecule has 0 aliphatic carbocycles. The minimum Gasteiger partial charge on any atom is -0.494 e. The molecule has 0 saturated carbocycles. The molecule has 0 amide bonds. The average molecular weight is 529 g/mol. The van der Waals surface area contributed by atoms with Crippen LogP contribution >= 0.6 is 0 Å². The second-order valence-corrected chi connectivity index (χ2v) is 10.2. The first-order chi connectivity index (χ1) is 17.7. The number of aryl methyl sites for hydroxylation is 2. The van der Waals surface area contributed by atoms with Gasteiger partial charge in [-0.15, -0.1) is 10.2 Å². The highest BCUT2D eigenvalue weighted by Crippen LogP contribution is 2.38. The molecule has 0 unspecified atom stereocenters. The Morgan fingerprint density at radius 3 is 2.32 bits per heavy atom. The summed E-state index contributed by atoms with van der Waals surface area (Å²) in [6.45, 7) is 3.41. The van der Waals surface area contributed by atoms with Crippen LogP contribution in [0.1, 0.15) is 24.4 Å². The predicted octanol–water partition coefficient (Wildman–Crippen LogP) is 2.30. The number of nitrogens with zero attached hydrogens (tertiary/aromatic N) is 7. The molecule has 0 saturated heterocycles. The summed E-state index contributed by atoms with van der Waals surface area (Å²) in [6, 6.07) is 7.08. The molecular formula is C23H28N8O5S. The number of pyridine rings is 1. The second kappa shape index (κ2) is 10.5. The van der Waals surface area contributed by atoms with Crippen LogP contribution in [-0.4, -0.2) is 69.5 Å². The number of hydrogen-bond acceptors (Lipinski definition) is 10. The monoisotopic (exact) mass is 528 g/mol. The summed E-state index contributed by atoms with van der Waals surface area (Å²) in [5, 5.41) is 11.4. The van der Waals surface area contributed by atoms with E-state index in [1.807, 2.05) is 13.0 Å². The van der Waals surface area contributed by atoms with Crippen molar-refractivity contribution in [3.8, 4) is 28.6 Å². The summed E-state index contributed by atoms with van der Waals surface area (Å²) >= 11 is 0. The quantitative estimate of drug-likeness (QED) is 0.325. The van der Waals surface area contributed by atoms with Gasteiger partial charge in [0.05, 0.1) is 14.2 Å². The highest BCUT2D eigenvalue weighted by molar-refractivity contribution is 7.93. The highest BCUT2D eigenvalue weighted by Gasteiger charge is 2.35. The van der Waals surface area contributed by atoms with Crippen LogP contribution in [0.3, 0.4) is 0 Å². The highest BCUT2D eigenvalue weighted by atomic mass is 32.2. The first-order valence-electron chi connectivity index (χ1n) is 11.2. The fraction of sp³-hybridized carbons (Fsp3) is 0.348. The predicted molar refractivity (Wildman–Crippen MR) is 135 cm³/mol. The normalized spacial score (nSPS) is 13.2. The third-order valence-corrected chi connectivity index (χ3v) is 7.52. The van der Waals surface area contributed by atoms with E-state index in [2.05, 4.69) is 30.0 Å². The molecule has 37 heavy (non-hydrogen) atoms. The third-order valence-electron chi connectivity index (χ3n) is 5.83. The maximum Gasteiger partial charge on any atom is 0.243 e. The Bertz CT molecular complexity index is 1480. The van der Waals surface area contributed by atoms with Gasteiger partial charge in [-0.05, 0) is 37.6 Å². The van der Waals surface area contributed by atoms with Crippen LogP contribution < -0.4 is 14.2 Å². The van der Waals surface area contributed by atoms with Crippen molar-refractivity contribution >= 4 is 16.0 Å². The number of methoxy groups -OCH3 is 3. The Labute approximate surface area is 214 Å². The van der Waals surface area contributed by atoms with E-state index in [1.165, 1.54) is 43.8 Å². The van der Waals surface area contributed by atoms with E-state index in [0.717, 1.165) is 5.56 Å². The van der Waals surface area contributed by atoms with E-state index in [9.17, 15) is 8.42 Å². The van der Waals surface area contributed by atoms with Gasteiger partial charge in [-0.1, -0.05) is 6.07 Å². The van der Waals surface area contributed by atoms with E-state index < -0.39 is 21.4 Å². The summed E-state index contributed by atoms with van der Waals surface area (Å²) in [5.74, 6) is 1.46. The van der Waals surface area contributed by atoms with Crippen molar-refractivity contribution < 1.29 is 22.6 Å². The van der Waals surface area contributed by atoms with Crippen LogP contribution in [0, 0.1) is 6.92 Å². The fourth-order valence-corrected chi connectivity index (χ4v) is 5.06. The number of aromatic nitrogens is 7. The molecule has 0 bridgehead atoms. The van der Waals surface area contributed by atoms with Gasteiger partial charge in [0.2, 0.25) is 16.0 Å². The van der Waals surface area contributed by atoms with Crippen molar-refractivity contribution in [3.63, 3.8) is 0 Å². The molecule has 1 aromatic carbocycles. The molecule has 2 atom stereocenters. The van der Waals surface area contributed by atoms with Crippen molar-refractivity contribution in [2.24, 2.45) is 7.05 Å². The Kier molecular flexibility index (Phi) is 7.40. The fourth-order valence-electron chi connectivity index (χ4n) is 3.93. The maximum absolute atomic E-state index is 13.6. The minimum absolute atomic E-state index is 0.0704. The van der Waals surface area contributed by atoms with Crippen molar-refractivity contribution in [1.82, 2.24) is 34.5 Å². The largest absolute Gasteiger partial charge is 0.494 e. The third kappa shape index (κ3) is 4.97. The second-order valence-electron chi connectivity index (χ2n) is 8.20. The zero-order valence-electron chi connectivity index (χ0n) is 21.3. The molecule has 0 aliphatic heterocycles. The molecular weight excluding hydrogens is 500 g/mol. The summed E-state index contributed by atoms with van der Waals surface area (Å²) < 4.78 is 49.4. The molecule has 196 valence electrons. The van der Waals surface area contributed by atoms with Crippen molar-refractivity contribution in [3.05, 3.63) is 54.4 Å². The van der Waals surface area contributed by atoms with Gasteiger partial charge >= 0.3 is 0 Å². The number of benzene rings is 1. The standard InChI is InChI=1S/C23H28N8O5S/c1-14-10-16(12-24-11-14)21-27-28-23(31(21)19-17(34-4)8-7-9-18(19)35-5)29-37(32,33)15(2)20(36-6)22-25-13-26-30(22)3/h7-13,15,20H,1-6H3,(H,28,29)/t15-,20+/m0/s1. The van der Waals surface area contributed by atoms with Crippen molar-refractivity contribution in [2.45, 2.75) is 25.2 Å². The molecule has 14 heteroatoms. The lowest BCUT2D eigenvalue weighted by atomic mass is 10.2. The van der Waals surface area contributed by atoms with Gasteiger partial charge in [-0.3, -0.25) is 19.0 Å². The molecule has 3 aromatic heterocycles. The smallest absolute Gasteiger partial charge is 0.243 e. The van der Waals surface area contributed by atoms with E-state index in [-0.39, 0.29) is 5.95 Å². The number of nitrogens with one attached hydrogen (secondary N) is 1. The summed E-state index contributed by atoms with van der Waals surface area (Å²) in [7, 11) is 2.00.